The zero-order valence-electron chi connectivity index (χ0n) is 8.87. The van der Waals surface area contributed by atoms with Crippen LogP contribution in [0.15, 0.2) is 37.6 Å². The Bertz CT molecular complexity index is 388. The summed E-state index contributed by atoms with van der Waals surface area (Å²) < 4.78 is 7.11. The molecule has 0 saturated heterocycles. The third kappa shape index (κ3) is 3.78. The Labute approximate surface area is 109 Å². The van der Waals surface area contributed by atoms with E-state index in [9.17, 15) is 0 Å². The van der Waals surface area contributed by atoms with Crippen molar-refractivity contribution >= 4 is 40.3 Å². The first-order valence-corrected chi connectivity index (χ1v) is 6.48. The fraction of sp³-hybridized carbons (Fsp3) is 0.273. The second kappa shape index (κ2) is 5.87. The lowest BCUT2D eigenvalue weighted by Crippen LogP contribution is -1.84. The van der Waals surface area contributed by atoms with Crippen molar-refractivity contribution in [3.63, 3.8) is 0 Å². The van der Waals surface area contributed by atoms with Crippen LogP contribution in [0.1, 0.15) is 12.5 Å². The Hall–Kier alpha value is -0.0600. The summed E-state index contributed by atoms with van der Waals surface area (Å²) in [6.07, 6.45) is 0. The molecule has 0 radical (unpaired) electrons. The van der Waals surface area contributed by atoms with E-state index in [-0.39, 0.29) is 0 Å². The first-order valence-electron chi connectivity index (χ1n) is 4.42. The molecule has 1 nitrogen and oxygen atoms in total. The molecule has 0 amide bonds. The van der Waals surface area contributed by atoms with E-state index in [0.717, 1.165) is 14.5 Å². The predicted octanol–water partition coefficient (Wildman–Crippen LogP) is 4.61. The SMILES string of the molecule is CO/C(C)=C(\S)Sc1ccc(Br)cc1C. The molecule has 0 atom stereocenters. The summed E-state index contributed by atoms with van der Waals surface area (Å²) in [6.45, 7) is 3.99. The molecule has 1 aromatic carbocycles. The lowest BCUT2D eigenvalue weighted by atomic mass is 10.2. The van der Waals surface area contributed by atoms with Crippen molar-refractivity contribution in [2.75, 3.05) is 7.11 Å². The van der Waals surface area contributed by atoms with E-state index in [0.29, 0.717) is 0 Å². The Morgan fingerprint density at radius 2 is 2.13 bits per heavy atom. The summed E-state index contributed by atoms with van der Waals surface area (Å²) in [5.41, 5.74) is 1.23. The number of methoxy groups -OCH3 is 1. The van der Waals surface area contributed by atoms with Crippen molar-refractivity contribution in [1.29, 1.82) is 0 Å². The summed E-state index contributed by atoms with van der Waals surface area (Å²) in [4.78, 5) is 1.19. The first kappa shape index (κ1) is 13.0. The number of rotatable bonds is 3. The molecule has 0 heterocycles. The van der Waals surface area contributed by atoms with Gasteiger partial charge in [-0.1, -0.05) is 27.7 Å². The number of benzene rings is 1. The summed E-state index contributed by atoms with van der Waals surface area (Å²) in [5.74, 6) is 0.839. The van der Waals surface area contributed by atoms with Gasteiger partial charge in [-0.05, 0) is 37.6 Å². The number of thiol groups is 1. The number of halogens is 1. The summed E-state index contributed by atoms with van der Waals surface area (Å²) >= 11 is 9.45. The first-order chi connectivity index (χ1) is 7.04. The lowest BCUT2D eigenvalue weighted by molar-refractivity contribution is 0.294. The van der Waals surface area contributed by atoms with E-state index in [1.807, 2.05) is 13.0 Å². The normalized spacial score (nSPS) is 12.3. The fourth-order valence-corrected chi connectivity index (χ4v) is 2.64. The summed E-state index contributed by atoms with van der Waals surface area (Å²) in [7, 11) is 1.65. The topological polar surface area (TPSA) is 9.23 Å². The zero-order valence-corrected chi connectivity index (χ0v) is 12.2. The van der Waals surface area contributed by atoms with E-state index in [2.05, 4.69) is 47.6 Å². The molecule has 0 aliphatic rings. The van der Waals surface area contributed by atoms with E-state index in [4.69, 9.17) is 4.74 Å². The van der Waals surface area contributed by atoms with Gasteiger partial charge in [-0.25, -0.2) is 0 Å². The molecule has 4 heteroatoms. The van der Waals surface area contributed by atoms with Crippen LogP contribution in [0.25, 0.3) is 0 Å². The molecular formula is C11H13BrOS2. The van der Waals surface area contributed by atoms with Gasteiger partial charge in [-0.3, -0.25) is 0 Å². The summed E-state index contributed by atoms with van der Waals surface area (Å²) in [5, 5.41) is 0. The highest BCUT2D eigenvalue weighted by molar-refractivity contribution is 9.10. The minimum Gasteiger partial charge on any atom is -0.500 e. The van der Waals surface area contributed by atoms with Crippen LogP contribution in [0, 0.1) is 6.92 Å². The molecule has 15 heavy (non-hydrogen) atoms. The van der Waals surface area contributed by atoms with Crippen LogP contribution in [-0.2, 0) is 4.74 Å². The van der Waals surface area contributed by atoms with Crippen LogP contribution >= 0.6 is 40.3 Å². The van der Waals surface area contributed by atoms with Gasteiger partial charge in [0.05, 0.1) is 11.3 Å². The van der Waals surface area contributed by atoms with Crippen LogP contribution in [0.3, 0.4) is 0 Å². The van der Waals surface area contributed by atoms with Gasteiger partial charge in [-0.2, -0.15) is 0 Å². The zero-order chi connectivity index (χ0) is 11.4. The van der Waals surface area contributed by atoms with Gasteiger partial charge in [0, 0.05) is 9.37 Å². The van der Waals surface area contributed by atoms with Crippen molar-refractivity contribution < 1.29 is 4.74 Å². The van der Waals surface area contributed by atoms with Crippen molar-refractivity contribution in [2.24, 2.45) is 0 Å². The lowest BCUT2D eigenvalue weighted by Gasteiger charge is -2.08. The number of allylic oxidation sites excluding steroid dienone is 1. The van der Waals surface area contributed by atoms with Crippen molar-refractivity contribution in [1.82, 2.24) is 0 Å². The van der Waals surface area contributed by atoms with Crippen molar-refractivity contribution in [2.45, 2.75) is 18.7 Å². The number of aryl methyl sites for hydroxylation is 1. The minimum absolute atomic E-state index is 0.839. The van der Waals surface area contributed by atoms with Gasteiger partial charge in [0.2, 0.25) is 0 Å². The Morgan fingerprint density at radius 1 is 1.47 bits per heavy atom. The smallest absolute Gasteiger partial charge is 0.112 e. The molecule has 1 aromatic rings. The largest absolute Gasteiger partial charge is 0.500 e. The number of hydrogen-bond donors (Lipinski definition) is 1. The van der Waals surface area contributed by atoms with Crippen LogP contribution in [0.2, 0.25) is 0 Å². The maximum Gasteiger partial charge on any atom is 0.112 e. The average molecular weight is 305 g/mol. The van der Waals surface area contributed by atoms with Crippen molar-refractivity contribution in [3.8, 4) is 0 Å². The van der Waals surface area contributed by atoms with Crippen LogP contribution < -0.4 is 0 Å². The second-order valence-corrected chi connectivity index (χ2v) is 5.79. The van der Waals surface area contributed by atoms with Gasteiger partial charge in [0.15, 0.2) is 0 Å². The van der Waals surface area contributed by atoms with E-state index >= 15 is 0 Å². The van der Waals surface area contributed by atoms with Gasteiger partial charge in [0.1, 0.15) is 5.76 Å². The monoisotopic (exact) mass is 304 g/mol. The molecule has 1 rings (SSSR count). The van der Waals surface area contributed by atoms with Gasteiger partial charge in [0.25, 0.3) is 0 Å². The third-order valence-electron chi connectivity index (χ3n) is 1.95. The van der Waals surface area contributed by atoms with Gasteiger partial charge in [-0.15, -0.1) is 12.6 Å². The number of ether oxygens (including phenoxy) is 1. The number of thioether (sulfide) groups is 1. The highest BCUT2D eigenvalue weighted by Gasteiger charge is 2.04. The maximum atomic E-state index is 5.12. The standard InChI is InChI=1S/C11H13BrOS2/c1-7-6-9(12)4-5-10(7)15-11(14)8(2)13-3/h4-6,14H,1-3H3/b11-8+. The number of hydrogen-bond acceptors (Lipinski definition) is 3. The molecule has 0 spiro atoms. The molecule has 0 unspecified atom stereocenters. The molecule has 0 aliphatic heterocycles. The molecule has 0 bridgehead atoms. The predicted molar refractivity (Wildman–Crippen MR) is 73.4 cm³/mol. The van der Waals surface area contributed by atoms with Crippen LogP contribution in [0.4, 0.5) is 0 Å². The maximum absolute atomic E-state index is 5.12. The molecule has 0 saturated carbocycles. The van der Waals surface area contributed by atoms with Gasteiger partial charge >= 0.3 is 0 Å². The highest BCUT2D eigenvalue weighted by atomic mass is 79.9. The molecule has 0 fully saturated rings. The Balaban J connectivity index is 2.91. The van der Waals surface area contributed by atoms with E-state index in [1.54, 1.807) is 18.9 Å². The fourth-order valence-electron chi connectivity index (χ4n) is 0.991. The Kier molecular flexibility index (Phi) is 5.09. The quantitative estimate of drug-likeness (QED) is 0.496. The molecule has 0 aromatic heterocycles. The van der Waals surface area contributed by atoms with Crippen LogP contribution in [-0.4, -0.2) is 7.11 Å². The van der Waals surface area contributed by atoms with E-state index < -0.39 is 0 Å². The average Bonchev–Trinajstić information content (AvgIpc) is 2.20. The molecule has 0 aliphatic carbocycles. The van der Waals surface area contributed by atoms with Crippen LogP contribution in [0.5, 0.6) is 0 Å². The van der Waals surface area contributed by atoms with Gasteiger partial charge < -0.3 is 4.74 Å². The summed E-state index contributed by atoms with van der Waals surface area (Å²) in [6, 6.07) is 6.19. The second-order valence-electron chi connectivity index (χ2n) is 3.08. The third-order valence-corrected chi connectivity index (χ3v) is 4.19. The molecule has 82 valence electrons. The Morgan fingerprint density at radius 3 is 2.67 bits per heavy atom. The molecular weight excluding hydrogens is 292 g/mol. The molecule has 0 N–H and O–H groups in total. The highest BCUT2D eigenvalue weighted by Crippen LogP contribution is 2.34. The van der Waals surface area contributed by atoms with E-state index in [1.165, 1.54) is 10.5 Å². The minimum atomic E-state index is 0.839. The van der Waals surface area contributed by atoms with Crippen molar-refractivity contribution in [3.05, 3.63) is 38.2 Å².